The second-order valence-electron chi connectivity index (χ2n) is 3.26. The average molecular weight is 172 g/mol. The normalized spacial score (nSPS) is 13.1. The first-order chi connectivity index (χ1) is 6.25. The van der Waals surface area contributed by atoms with Crippen LogP contribution in [-0.2, 0) is 0 Å². The molecule has 1 aromatic carbocycles. The van der Waals surface area contributed by atoms with E-state index in [0.29, 0.717) is 5.92 Å². The van der Waals surface area contributed by atoms with Crippen LogP contribution >= 0.6 is 0 Å². The van der Waals surface area contributed by atoms with E-state index < -0.39 is 0 Å². The molecule has 0 saturated carbocycles. The summed E-state index contributed by atoms with van der Waals surface area (Å²) < 4.78 is 0. The molecular formula is C13H16. The molecule has 0 spiro atoms. The van der Waals surface area contributed by atoms with Gasteiger partial charge in [-0.25, -0.2) is 0 Å². The highest BCUT2D eigenvalue weighted by Gasteiger charge is 2.06. The van der Waals surface area contributed by atoms with Gasteiger partial charge in [0.1, 0.15) is 0 Å². The third-order valence-corrected chi connectivity index (χ3v) is 2.07. The maximum absolute atomic E-state index is 4.00. The summed E-state index contributed by atoms with van der Waals surface area (Å²) in [6.45, 7) is 8.11. The van der Waals surface area contributed by atoms with Crippen LogP contribution < -0.4 is 0 Å². The van der Waals surface area contributed by atoms with Gasteiger partial charge in [0.25, 0.3) is 0 Å². The Hall–Kier alpha value is -1.30. The molecule has 1 unspecified atom stereocenters. The molecule has 0 bridgehead atoms. The smallest absolute Gasteiger partial charge is 0.0222 e. The van der Waals surface area contributed by atoms with E-state index in [1.165, 1.54) is 11.1 Å². The second kappa shape index (κ2) is 4.66. The van der Waals surface area contributed by atoms with E-state index >= 15 is 0 Å². The first-order valence-corrected chi connectivity index (χ1v) is 4.59. The van der Waals surface area contributed by atoms with Gasteiger partial charge >= 0.3 is 0 Å². The summed E-state index contributed by atoms with van der Waals surface area (Å²) in [7, 11) is 0. The molecule has 0 heteroatoms. The van der Waals surface area contributed by atoms with E-state index in [9.17, 15) is 0 Å². The molecule has 0 amide bonds. The first-order valence-electron chi connectivity index (χ1n) is 4.59. The molecule has 0 nitrogen and oxygen atoms in total. The summed E-state index contributed by atoms with van der Waals surface area (Å²) in [5.41, 5.74) is 2.50. The summed E-state index contributed by atoms with van der Waals surface area (Å²) in [4.78, 5) is 0. The van der Waals surface area contributed by atoms with Crippen molar-refractivity contribution >= 4 is 0 Å². The first kappa shape index (κ1) is 9.79. The van der Waals surface area contributed by atoms with Crippen molar-refractivity contribution in [3.05, 3.63) is 60.2 Å². The van der Waals surface area contributed by atoms with E-state index in [4.69, 9.17) is 0 Å². The molecule has 0 heterocycles. The Balaban J connectivity index is 2.96. The van der Waals surface area contributed by atoms with Crippen molar-refractivity contribution in [2.75, 3.05) is 0 Å². The molecule has 0 aliphatic rings. The topological polar surface area (TPSA) is 0 Å². The zero-order valence-corrected chi connectivity index (χ0v) is 8.33. The Labute approximate surface area is 80.6 Å². The van der Waals surface area contributed by atoms with Gasteiger partial charge in [0.15, 0.2) is 0 Å². The third-order valence-electron chi connectivity index (χ3n) is 2.07. The van der Waals surface area contributed by atoms with Crippen LogP contribution in [-0.4, -0.2) is 0 Å². The second-order valence-corrected chi connectivity index (χ2v) is 3.26. The largest absolute Gasteiger partial charge is 0.0992 e. The molecule has 0 aromatic heterocycles. The molecular weight excluding hydrogens is 156 g/mol. The zero-order chi connectivity index (χ0) is 9.68. The van der Waals surface area contributed by atoms with Gasteiger partial charge in [0.2, 0.25) is 0 Å². The van der Waals surface area contributed by atoms with Crippen molar-refractivity contribution in [3.8, 4) is 0 Å². The molecule has 13 heavy (non-hydrogen) atoms. The lowest BCUT2D eigenvalue weighted by Gasteiger charge is -2.12. The Morgan fingerprint density at radius 3 is 2.38 bits per heavy atom. The Kier molecular flexibility index (Phi) is 3.51. The van der Waals surface area contributed by atoms with Crippen LogP contribution in [0.4, 0.5) is 0 Å². The fourth-order valence-corrected chi connectivity index (χ4v) is 1.41. The quantitative estimate of drug-likeness (QED) is 0.606. The number of benzene rings is 1. The molecule has 1 rings (SSSR count). The summed E-state index contributed by atoms with van der Waals surface area (Å²) in [5.74, 6) is 0.367. The molecule has 0 aliphatic heterocycles. The van der Waals surface area contributed by atoms with Gasteiger partial charge in [-0.3, -0.25) is 0 Å². The minimum absolute atomic E-state index is 0.367. The van der Waals surface area contributed by atoms with Gasteiger partial charge in [0.05, 0.1) is 0 Å². The Morgan fingerprint density at radius 1 is 1.31 bits per heavy atom. The lowest BCUT2D eigenvalue weighted by atomic mass is 9.93. The van der Waals surface area contributed by atoms with Gasteiger partial charge in [-0.15, -0.1) is 0 Å². The molecule has 0 N–H and O–H groups in total. The van der Waals surface area contributed by atoms with Gasteiger partial charge in [-0.2, -0.15) is 0 Å². The van der Waals surface area contributed by atoms with Gasteiger partial charge < -0.3 is 0 Å². The minimum atomic E-state index is 0.367. The standard InChI is InChI=1S/C13H16/c1-4-8-13(11(2)3)12-9-6-5-7-10-12/h4-10,13H,2H2,1,3H3. The van der Waals surface area contributed by atoms with Crippen LogP contribution in [0.25, 0.3) is 0 Å². The molecule has 1 atom stereocenters. The highest BCUT2D eigenvalue weighted by molar-refractivity contribution is 5.31. The highest BCUT2D eigenvalue weighted by Crippen LogP contribution is 2.23. The van der Waals surface area contributed by atoms with E-state index in [-0.39, 0.29) is 0 Å². The predicted molar refractivity (Wildman–Crippen MR) is 58.8 cm³/mol. The molecule has 1 aromatic rings. The molecule has 0 fully saturated rings. The lowest BCUT2D eigenvalue weighted by Crippen LogP contribution is -1.94. The van der Waals surface area contributed by atoms with Crippen molar-refractivity contribution < 1.29 is 0 Å². The van der Waals surface area contributed by atoms with E-state index in [0.717, 1.165) is 0 Å². The van der Waals surface area contributed by atoms with Crippen LogP contribution in [0.1, 0.15) is 25.3 Å². The van der Waals surface area contributed by atoms with E-state index in [1.807, 2.05) is 13.0 Å². The summed E-state index contributed by atoms with van der Waals surface area (Å²) in [6, 6.07) is 10.4. The Bertz CT molecular complexity index is 293. The van der Waals surface area contributed by atoms with Crippen molar-refractivity contribution in [1.29, 1.82) is 0 Å². The van der Waals surface area contributed by atoms with Gasteiger partial charge in [-0.1, -0.05) is 54.6 Å². The molecule has 68 valence electrons. The van der Waals surface area contributed by atoms with Crippen LogP contribution in [0.2, 0.25) is 0 Å². The lowest BCUT2D eigenvalue weighted by molar-refractivity contribution is 0.994. The Morgan fingerprint density at radius 2 is 1.92 bits per heavy atom. The summed E-state index contributed by atoms with van der Waals surface area (Å²) in [6.07, 6.45) is 4.25. The SMILES string of the molecule is C=C(C)C(C=CC)c1ccccc1. The van der Waals surface area contributed by atoms with Gasteiger partial charge in [-0.05, 0) is 19.4 Å². The molecule has 0 aliphatic carbocycles. The number of allylic oxidation sites excluding steroid dienone is 3. The maximum Gasteiger partial charge on any atom is 0.0222 e. The fourth-order valence-electron chi connectivity index (χ4n) is 1.41. The maximum atomic E-state index is 4.00. The number of hydrogen-bond donors (Lipinski definition) is 0. The van der Waals surface area contributed by atoms with Crippen molar-refractivity contribution in [2.24, 2.45) is 0 Å². The van der Waals surface area contributed by atoms with Crippen molar-refractivity contribution in [3.63, 3.8) is 0 Å². The van der Waals surface area contributed by atoms with Crippen LogP contribution in [0, 0.1) is 0 Å². The predicted octanol–water partition coefficient (Wildman–Crippen LogP) is 3.92. The number of hydrogen-bond acceptors (Lipinski definition) is 0. The minimum Gasteiger partial charge on any atom is -0.0992 e. The molecule has 0 saturated heterocycles. The average Bonchev–Trinajstić information content (AvgIpc) is 2.15. The summed E-state index contributed by atoms with van der Waals surface area (Å²) in [5, 5.41) is 0. The highest BCUT2D eigenvalue weighted by atomic mass is 14.1. The van der Waals surface area contributed by atoms with Crippen LogP contribution in [0.15, 0.2) is 54.6 Å². The van der Waals surface area contributed by atoms with E-state index in [1.54, 1.807) is 0 Å². The monoisotopic (exact) mass is 172 g/mol. The fraction of sp³-hybridized carbons (Fsp3) is 0.231. The molecule has 0 radical (unpaired) electrons. The zero-order valence-electron chi connectivity index (χ0n) is 8.33. The van der Waals surface area contributed by atoms with Gasteiger partial charge in [0, 0.05) is 5.92 Å². The van der Waals surface area contributed by atoms with Crippen LogP contribution in [0.3, 0.4) is 0 Å². The number of rotatable bonds is 3. The van der Waals surface area contributed by atoms with Crippen molar-refractivity contribution in [2.45, 2.75) is 19.8 Å². The summed E-state index contributed by atoms with van der Waals surface area (Å²) >= 11 is 0. The van der Waals surface area contributed by atoms with Crippen molar-refractivity contribution in [1.82, 2.24) is 0 Å². The third kappa shape index (κ3) is 2.59. The van der Waals surface area contributed by atoms with Crippen LogP contribution in [0.5, 0.6) is 0 Å². The van der Waals surface area contributed by atoms with E-state index in [2.05, 4.69) is 49.9 Å².